The van der Waals surface area contributed by atoms with E-state index >= 15 is 0 Å². The molecule has 10 aromatic rings. The molecule has 2 heteroatoms. The molecule has 0 saturated heterocycles. The van der Waals surface area contributed by atoms with Crippen molar-refractivity contribution >= 4 is 54.5 Å². The molecule has 49 heavy (non-hydrogen) atoms. The van der Waals surface area contributed by atoms with E-state index in [1.54, 1.807) is 0 Å². The zero-order valence-electron chi connectivity index (χ0n) is 26.8. The Bertz CT molecular complexity index is 2760. The standard InChI is InChI=1S/C47H31NO/c1-2-10-39-36(9-1)30-37(47-46(39)42-13-5-8-16-45(42)49-47)29-31-17-19-32(20-18-31)33-21-23-34(24-22-33)35-25-27-38(28-26-35)48-43-14-6-3-11-40(43)41-12-4-7-15-44(41)48/h1-28,30H,29H2. The van der Waals surface area contributed by atoms with Gasteiger partial charge >= 0.3 is 0 Å². The van der Waals surface area contributed by atoms with Crippen LogP contribution in [0.25, 0.3) is 82.5 Å². The van der Waals surface area contributed by atoms with Crippen LogP contribution in [0.2, 0.25) is 0 Å². The van der Waals surface area contributed by atoms with Crippen molar-refractivity contribution in [2.45, 2.75) is 6.42 Å². The molecule has 0 saturated carbocycles. The highest BCUT2D eigenvalue weighted by Gasteiger charge is 2.16. The number of nitrogens with zero attached hydrogens (tertiary/aromatic N) is 1. The molecule has 0 atom stereocenters. The number of furan rings is 1. The molecule has 2 aromatic heterocycles. The highest BCUT2D eigenvalue weighted by molar-refractivity contribution is 6.19. The third kappa shape index (κ3) is 4.57. The van der Waals surface area contributed by atoms with Crippen LogP contribution < -0.4 is 0 Å². The molecule has 8 aromatic carbocycles. The summed E-state index contributed by atoms with van der Waals surface area (Å²) in [6.45, 7) is 0. The average molecular weight is 626 g/mol. The first kappa shape index (κ1) is 27.7. The number of hydrogen-bond donors (Lipinski definition) is 0. The fraction of sp³-hybridized carbons (Fsp3) is 0.0213. The van der Waals surface area contributed by atoms with Gasteiger partial charge < -0.3 is 8.98 Å². The number of para-hydroxylation sites is 3. The number of rotatable bonds is 5. The van der Waals surface area contributed by atoms with Crippen molar-refractivity contribution in [2.75, 3.05) is 0 Å². The SMILES string of the molecule is c1ccc2c(c1)cc(Cc1ccc(-c3ccc(-c4ccc(-n5c6ccccc6c6ccccc65)cc4)cc3)cc1)c1oc3ccccc3c12. The maximum atomic E-state index is 6.46. The lowest BCUT2D eigenvalue weighted by Crippen LogP contribution is -1.93. The Morgan fingerprint density at radius 2 is 0.918 bits per heavy atom. The lowest BCUT2D eigenvalue weighted by atomic mass is 9.95. The summed E-state index contributed by atoms with van der Waals surface area (Å²) in [5, 5.41) is 7.43. The van der Waals surface area contributed by atoms with Gasteiger partial charge in [-0.3, -0.25) is 0 Å². The van der Waals surface area contributed by atoms with Crippen LogP contribution in [0.1, 0.15) is 11.1 Å². The number of fused-ring (bicyclic) bond motifs is 8. The van der Waals surface area contributed by atoms with Gasteiger partial charge in [-0.15, -0.1) is 0 Å². The fourth-order valence-electron chi connectivity index (χ4n) is 7.67. The van der Waals surface area contributed by atoms with Crippen LogP contribution in [0, 0.1) is 0 Å². The summed E-state index contributed by atoms with van der Waals surface area (Å²) in [5.41, 5.74) is 12.9. The highest BCUT2D eigenvalue weighted by atomic mass is 16.3. The lowest BCUT2D eigenvalue weighted by Gasteiger charge is -2.10. The molecule has 0 fully saturated rings. The van der Waals surface area contributed by atoms with Crippen molar-refractivity contribution in [1.29, 1.82) is 0 Å². The second-order valence-electron chi connectivity index (χ2n) is 12.9. The fourth-order valence-corrected chi connectivity index (χ4v) is 7.67. The van der Waals surface area contributed by atoms with Gasteiger partial charge in [-0.1, -0.05) is 140 Å². The van der Waals surface area contributed by atoms with Gasteiger partial charge in [0.2, 0.25) is 0 Å². The first-order valence-corrected chi connectivity index (χ1v) is 16.9. The van der Waals surface area contributed by atoms with Gasteiger partial charge in [0.05, 0.1) is 11.0 Å². The number of benzene rings is 8. The molecule has 0 spiro atoms. The van der Waals surface area contributed by atoms with Crippen molar-refractivity contribution < 1.29 is 4.42 Å². The number of hydrogen-bond acceptors (Lipinski definition) is 1. The molecule has 0 aliphatic rings. The van der Waals surface area contributed by atoms with Gasteiger partial charge in [0, 0.05) is 39.2 Å². The van der Waals surface area contributed by atoms with E-state index < -0.39 is 0 Å². The summed E-state index contributed by atoms with van der Waals surface area (Å²) in [4.78, 5) is 0. The highest BCUT2D eigenvalue weighted by Crippen LogP contribution is 2.38. The maximum Gasteiger partial charge on any atom is 0.139 e. The zero-order chi connectivity index (χ0) is 32.3. The summed E-state index contributed by atoms with van der Waals surface area (Å²) >= 11 is 0. The maximum absolute atomic E-state index is 6.46. The van der Waals surface area contributed by atoms with E-state index in [1.165, 1.54) is 82.4 Å². The Morgan fingerprint density at radius 3 is 1.55 bits per heavy atom. The molecule has 230 valence electrons. The Labute approximate surface area is 284 Å². The quantitative estimate of drug-likeness (QED) is 0.186. The van der Waals surface area contributed by atoms with E-state index in [-0.39, 0.29) is 0 Å². The topological polar surface area (TPSA) is 18.1 Å². The van der Waals surface area contributed by atoms with E-state index in [1.807, 2.05) is 6.07 Å². The predicted molar refractivity (Wildman–Crippen MR) is 206 cm³/mol. The van der Waals surface area contributed by atoms with Crippen LogP contribution in [0.15, 0.2) is 180 Å². The van der Waals surface area contributed by atoms with Gasteiger partial charge in [-0.2, -0.15) is 0 Å². The van der Waals surface area contributed by atoms with Crippen LogP contribution in [-0.2, 0) is 6.42 Å². The first-order valence-electron chi connectivity index (χ1n) is 16.9. The molecule has 0 unspecified atom stereocenters. The van der Waals surface area contributed by atoms with Crippen LogP contribution in [0.3, 0.4) is 0 Å². The van der Waals surface area contributed by atoms with Crippen LogP contribution in [0.4, 0.5) is 0 Å². The minimum Gasteiger partial charge on any atom is -0.456 e. The Hall–Kier alpha value is -6.38. The van der Waals surface area contributed by atoms with Crippen molar-refractivity contribution in [3.05, 3.63) is 187 Å². The van der Waals surface area contributed by atoms with Gasteiger partial charge in [-0.25, -0.2) is 0 Å². The van der Waals surface area contributed by atoms with Gasteiger partial charge in [0.25, 0.3) is 0 Å². The summed E-state index contributed by atoms with van der Waals surface area (Å²) in [6.07, 6.45) is 0.810. The molecule has 2 heterocycles. The number of aromatic nitrogens is 1. The first-order chi connectivity index (χ1) is 24.3. The molecule has 0 bridgehead atoms. The molecule has 0 N–H and O–H groups in total. The zero-order valence-corrected chi connectivity index (χ0v) is 26.8. The smallest absolute Gasteiger partial charge is 0.139 e. The van der Waals surface area contributed by atoms with E-state index in [0.29, 0.717) is 0 Å². The largest absolute Gasteiger partial charge is 0.456 e. The minimum absolute atomic E-state index is 0.810. The summed E-state index contributed by atoms with van der Waals surface area (Å²) in [7, 11) is 0. The van der Waals surface area contributed by atoms with E-state index in [0.717, 1.165) is 17.6 Å². The van der Waals surface area contributed by atoms with E-state index in [9.17, 15) is 0 Å². The van der Waals surface area contributed by atoms with E-state index in [2.05, 4.69) is 174 Å². The lowest BCUT2D eigenvalue weighted by molar-refractivity contribution is 0.664. The van der Waals surface area contributed by atoms with Crippen molar-refractivity contribution in [1.82, 2.24) is 4.57 Å². The Kier molecular flexibility index (Phi) is 6.28. The van der Waals surface area contributed by atoms with Crippen molar-refractivity contribution in [3.8, 4) is 27.9 Å². The second kappa shape index (κ2) is 11.1. The predicted octanol–water partition coefficient (Wildman–Crippen LogP) is 12.8. The third-order valence-electron chi connectivity index (χ3n) is 10.1. The molecule has 10 rings (SSSR count). The summed E-state index contributed by atoms with van der Waals surface area (Å²) in [6, 6.07) is 63.4. The normalized spacial score (nSPS) is 11.8. The molecule has 0 aliphatic heterocycles. The van der Waals surface area contributed by atoms with Gasteiger partial charge in [0.15, 0.2) is 0 Å². The van der Waals surface area contributed by atoms with Crippen LogP contribution in [-0.4, -0.2) is 4.57 Å². The van der Waals surface area contributed by atoms with Crippen LogP contribution in [0.5, 0.6) is 0 Å². The average Bonchev–Trinajstić information content (AvgIpc) is 3.73. The Morgan fingerprint density at radius 1 is 0.429 bits per heavy atom. The minimum atomic E-state index is 0.810. The summed E-state index contributed by atoms with van der Waals surface area (Å²) in [5.74, 6) is 0. The monoisotopic (exact) mass is 625 g/mol. The van der Waals surface area contributed by atoms with Crippen LogP contribution >= 0.6 is 0 Å². The molecule has 0 aliphatic carbocycles. The molecule has 0 radical (unpaired) electrons. The van der Waals surface area contributed by atoms with Gasteiger partial charge in [0.1, 0.15) is 11.2 Å². The van der Waals surface area contributed by atoms with E-state index in [4.69, 9.17) is 4.42 Å². The van der Waals surface area contributed by atoms with Crippen molar-refractivity contribution in [3.63, 3.8) is 0 Å². The molecular formula is C47H31NO. The second-order valence-corrected chi connectivity index (χ2v) is 12.9. The molecule has 2 nitrogen and oxygen atoms in total. The Balaban J connectivity index is 0.921. The van der Waals surface area contributed by atoms with Crippen molar-refractivity contribution in [2.24, 2.45) is 0 Å². The summed E-state index contributed by atoms with van der Waals surface area (Å²) < 4.78 is 8.82. The molecule has 0 amide bonds. The third-order valence-corrected chi connectivity index (χ3v) is 10.1. The van der Waals surface area contributed by atoms with Gasteiger partial charge in [-0.05, 0) is 75.0 Å². The molecular weight excluding hydrogens is 595 g/mol.